The molecule has 0 aromatic rings. The van der Waals surface area contributed by atoms with Gasteiger partial charge in [0.25, 0.3) is 0 Å². The number of nitrogens with one attached hydrogen (secondary N) is 1. The Morgan fingerprint density at radius 2 is 2.27 bits per heavy atom. The lowest BCUT2D eigenvalue weighted by Crippen LogP contribution is -2.30. The molecule has 0 saturated carbocycles. The number of hydrogen-bond acceptors (Lipinski definition) is 2. The van der Waals surface area contributed by atoms with Gasteiger partial charge >= 0.3 is 0 Å². The Morgan fingerprint density at radius 3 is 3.07 bits per heavy atom. The van der Waals surface area contributed by atoms with Gasteiger partial charge in [0.05, 0.1) is 0 Å². The van der Waals surface area contributed by atoms with Crippen LogP contribution in [0.2, 0.25) is 0 Å². The van der Waals surface area contributed by atoms with E-state index in [-0.39, 0.29) is 0 Å². The van der Waals surface area contributed by atoms with E-state index in [4.69, 9.17) is 0 Å². The van der Waals surface area contributed by atoms with Crippen molar-refractivity contribution in [2.24, 2.45) is 0 Å². The standard InChI is InChI=1S/C13H22N2/c1-3-4-10-14-12-9-8-11-6-5-7-13(12)15(11)2/h8,14H,3-7,9-10H2,1-2H3. The third kappa shape index (κ3) is 2.19. The highest BCUT2D eigenvalue weighted by Gasteiger charge is 2.22. The lowest BCUT2D eigenvalue weighted by Gasteiger charge is -2.36. The molecule has 0 atom stereocenters. The van der Waals surface area contributed by atoms with E-state index in [1.807, 2.05) is 0 Å². The highest BCUT2D eigenvalue weighted by atomic mass is 15.2. The van der Waals surface area contributed by atoms with E-state index in [9.17, 15) is 0 Å². The first kappa shape index (κ1) is 10.6. The summed E-state index contributed by atoms with van der Waals surface area (Å²) in [6.07, 6.45) is 9.90. The quantitative estimate of drug-likeness (QED) is 0.711. The summed E-state index contributed by atoms with van der Waals surface area (Å²) in [6, 6.07) is 0. The van der Waals surface area contributed by atoms with Crippen molar-refractivity contribution in [3.05, 3.63) is 23.2 Å². The summed E-state index contributed by atoms with van der Waals surface area (Å²) in [6.45, 7) is 3.37. The average Bonchev–Trinajstić information content (AvgIpc) is 2.21. The zero-order chi connectivity index (χ0) is 10.7. The molecule has 0 aromatic heterocycles. The molecule has 15 heavy (non-hydrogen) atoms. The van der Waals surface area contributed by atoms with Crippen molar-refractivity contribution in [2.45, 2.75) is 45.4 Å². The molecule has 2 rings (SSSR count). The van der Waals surface area contributed by atoms with Crippen LogP contribution < -0.4 is 5.32 Å². The fourth-order valence-electron chi connectivity index (χ4n) is 2.47. The van der Waals surface area contributed by atoms with E-state index in [2.05, 4.69) is 30.3 Å². The molecule has 0 radical (unpaired) electrons. The minimum Gasteiger partial charge on any atom is -0.387 e. The van der Waals surface area contributed by atoms with E-state index in [0.29, 0.717) is 0 Å². The smallest absolute Gasteiger partial charge is 0.0368 e. The molecule has 2 aliphatic rings. The minimum atomic E-state index is 1.12. The summed E-state index contributed by atoms with van der Waals surface area (Å²) in [5, 5.41) is 3.60. The lowest BCUT2D eigenvalue weighted by atomic mass is 9.96. The number of nitrogens with zero attached hydrogens (tertiary/aromatic N) is 1. The molecule has 0 aromatic carbocycles. The average molecular weight is 206 g/mol. The molecular weight excluding hydrogens is 184 g/mol. The Balaban J connectivity index is 2.01. The number of piperidine rings is 1. The van der Waals surface area contributed by atoms with Gasteiger partial charge in [-0.05, 0) is 25.7 Å². The molecule has 0 aliphatic carbocycles. The van der Waals surface area contributed by atoms with Gasteiger partial charge in [-0.3, -0.25) is 0 Å². The zero-order valence-electron chi connectivity index (χ0n) is 9.97. The van der Waals surface area contributed by atoms with Crippen molar-refractivity contribution in [3.63, 3.8) is 0 Å². The largest absolute Gasteiger partial charge is 0.387 e. The zero-order valence-corrected chi connectivity index (χ0v) is 9.97. The number of hydrogen-bond donors (Lipinski definition) is 1. The third-order valence-corrected chi connectivity index (χ3v) is 3.44. The Hall–Kier alpha value is -0.920. The first-order valence-corrected chi connectivity index (χ1v) is 6.21. The highest BCUT2D eigenvalue weighted by Crippen LogP contribution is 2.33. The summed E-state index contributed by atoms with van der Waals surface area (Å²) in [5.74, 6) is 0. The van der Waals surface area contributed by atoms with Gasteiger partial charge in [-0.2, -0.15) is 0 Å². The molecule has 2 bridgehead atoms. The van der Waals surface area contributed by atoms with E-state index >= 15 is 0 Å². The van der Waals surface area contributed by atoms with Crippen molar-refractivity contribution in [2.75, 3.05) is 13.6 Å². The van der Waals surface area contributed by atoms with E-state index in [0.717, 1.165) is 13.0 Å². The summed E-state index contributed by atoms with van der Waals surface area (Å²) >= 11 is 0. The third-order valence-electron chi connectivity index (χ3n) is 3.44. The molecule has 2 nitrogen and oxygen atoms in total. The van der Waals surface area contributed by atoms with Crippen LogP contribution in [0.3, 0.4) is 0 Å². The van der Waals surface area contributed by atoms with Crippen LogP contribution >= 0.6 is 0 Å². The van der Waals surface area contributed by atoms with E-state index in [1.54, 1.807) is 0 Å². The fourth-order valence-corrected chi connectivity index (χ4v) is 2.47. The molecule has 1 saturated heterocycles. The van der Waals surface area contributed by atoms with Gasteiger partial charge in [0.15, 0.2) is 0 Å². The van der Waals surface area contributed by atoms with Gasteiger partial charge in [0.1, 0.15) is 0 Å². The molecule has 84 valence electrons. The Labute approximate surface area is 93.0 Å². The normalized spacial score (nSPS) is 20.4. The molecule has 0 amide bonds. The van der Waals surface area contributed by atoms with Crippen LogP contribution in [0.5, 0.6) is 0 Å². The summed E-state index contributed by atoms with van der Waals surface area (Å²) < 4.78 is 0. The van der Waals surface area contributed by atoms with Gasteiger partial charge in [0.2, 0.25) is 0 Å². The van der Waals surface area contributed by atoms with Crippen LogP contribution in [0.25, 0.3) is 0 Å². The Morgan fingerprint density at radius 1 is 1.40 bits per heavy atom. The van der Waals surface area contributed by atoms with Gasteiger partial charge in [-0.25, -0.2) is 0 Å². The highest BCUT2D eigenvalue weighted by molar-refractivity contribution is 5.28. The van der Waals surface area contributed by atoms with E-state index in [1.165, 1.54) is 49.2 Å². The summed E-state index contributed by atoms with van der Waals surface area (Å²) in [5.41, 5.74) is 4.53. The van der Waals surface area contributed by atoms with Crippen LogP contribution in [0.1, 0.15) is 45.4 Å². The SMILES string of the molecule is CCCCNC1=C2CCCC(=CC1)N2C. The monoisotopic (exact) mass is 206 g/mol. The van der Waals surface area contributed by atoms with Crippen LogP contribution in [0.15, 0.2) is 23.2 Å². The van der Waals surface area contributed by atoms with Crippen LogP contribution in [-0.2, 0) is 0 Å². The van der Waals surface area contributed by atoms with E-state index < -0.39 is 0 Å². The Bertz CT molecular complexity index is 289. The molecule has 2 heterocycles. The molecule has 1 fully saturated rings. The second-order valence-corrected chi connectivity index (χ2v) is 4.52. The number of allylic oxidation sites excluding steroid dienone is 3. The summed E-state index contributed by atoms with van der Waals surface area (Å²) in [4.78, 5) is 2.39. The van der Waals surface area contributed by atoms with Crippen molar-refractivity contribution in [1.29, 1.82) is 0 Å². The maximum atomic E-state index is 3.60. The molecular formula is C13H22N2. The molecule has 1 N–H and O–H groups in total. The number of rotatable bonds is 4. The van der Waals surface area contributed by atoms with Crippen molar-refractivity contribution in [1.82, 2.24) is 10.2 Å². The molecule has 2 aliphatic heterocycles. The lowest BCUT2D eigenvalue weighted by molar-refractivity contribution is 0.395. The van der Waals surface area contributed by atoms with Gasteiger partial charge in [-0.15, -0.1) is 0 Å². The van der Waals surface area contributed by atoms with Crippen LogP contribution in [0, 0.1) is 0 Å². The van der Waals surface area contributed by atoms with Crippen molar-refractivity contribution < 1.29 is 0 Å². The number of fused-ring (bicyclic) bond motifs is 2. The maximum Gasteiger partial charge on any atom is 0.0368 e. The predicted octanol–water partition coefficient (Wildman–Crippen LogP) is 2.99. The second kappa shape index (κ2) is 4.73. The predicted molar refractivity (Wildman–Crippen MR) is 64.3 cm³/mol. The van der Waals surface area contributed by atoms with Crippen molar-refractivity contribution >= 4 is 0 Å². The van der Waals surface area contributed by atoms with Crippen molar-refractivity contribution in [3.8, 4) is 0 Å². The molecule has 0 spiro atoms. The van der Waals surface area contributed by atoms with Gasteiger partial charge in [0, 0.05) is 37.1 Å². The molecule has 0 unspecified atom stereocenters. The van der Waals surface area contributed by atoms with Gasteiger partial charge in [-0.1, -0.05) is 19.4 Å². The maximum absolute atomic E-state index is 3.60. The minimum absolute atomic E-state index is 1.12. The van der Waals surface area contributed by atoms with Crippen LogP contribution in [0.4, 0.5) is 0 Å². The second-order valence-electron chi connectivity index (χ2n) is 4.52. The van der Waals surface area contributed by atoms with Crippen LogP contribution in [-0.4, -0.2) is 18.5 Å². The van der Waals surface area contributed by atoms with Gasteiger partial charge < -0.3 is 10.2 Å². The first-order chi connectivity index (χ1) is 7.33. The fraction of sp³-hybridized carbons (Fsp3) is 0.692. The molecule has 2 heteroatoms. The topological polar surface area (TPSA) is 15.3 Å². The summed E-state index contributed by atoms with van der Waals surface area (Å²) in [7, 11) is 2.21. The first-order valence-electron chi connectivity index (χ1n) is 6.21. The number of unbranched alkanes of at least 4 members (excludes halogenated alkanes) is 1. The Kier molecular flexibility index (Phi) is 3.34.